The largest absolute Gasteiger partial charge is 0.392 e. The molecule has 0 amide bonds. The van der Waals surface area contributed by atoms with Crippen LogP contribution in [-0.4, -0.2) is 27.9 Å². The van der Waals surface area contributed by atoms with E-state index >= 15 is 0 Å². The number of thiophene rings is 1. The maximum Gasteiger partial charge on any atom is 0.243 e. The van der Waals surface area contributed by atoms with Crippen molar-refractivity contribution >= 4 is 11.3 Å². The number of hydrogen-bond donors (Lipinski definition) is 2. The van der Waals surface area contributed by atoms with Crippen LogP contribution < -0.4 is 5.32 Å². The lowest BCUT2D eigenvalue weighted by atomic mass is 10.2. The van der Waals surface area contributed by atoms with Crippen LogP contribution in [0.1, 0.15) is 29.1 Å². The number of aromatic nitrogens is 2. The summed E-state index contributed by atoms with van der Waals surface area (Å²) in [7, 11) is 0. The van der Waals surface area contributed by atoms with Crippen LogP contribution in [0.4, 0.5) is 0 Å². The molecule has 0 saturated carbocycles. The molecule has 0 aromatic carbocycles. The quantitative estimate of drug-likeness (QED) is 0.855. The van der Waals surface area contributed by atoms with Crippen molar-refractivity contribution in [1.29, 1.82) is 0 Å². The van der Waals surface area contributed by atoms with Crippen molar-refractivity contribution in [1.82, 2.24) is 15.5 Å². The molecule has 2 atom stereocenters. The van der Waals surface area contributed by atoms with Gasteiger partial charge < -0.3 is 14.9 Å². The lowest BCUT2D eigenvalue weighted by Gasteiger charge is -2.01. The molecule has 0 bridgehead atoms. The highest BCUT2D eigenvalue weighted by Gasteiger charge is 2.28. The summed E-state index contributed by atoms with van der Waals surface area (Å²) < 4.78 is 5.22. The summed E-state index contributed by atoms with van der Waals surface area (Å²) in [6.07, 6.45) is 1.03. The molecule has 0 spiro atoms. The van der Waals surface area contributed by atoms with Crippen molar-refractivity contribution < 1.29 is 9.63 Å². The minimum Gasteiger partial charge on any atom is -0.392 e. The van der Waals surface area contributed by atoms with E-state index in [0.717, 1.165) is 0 Å². The molecule has 0 aliphatic carbocycles. The van der Waals surface area contributed by atoms with E-state index in [1.165, 1.54) is 4.88 Å². The molecular formula is C11H13N3O2S. The Bertz CT molecular complexity index is 483. The third kappa shape index (κ3) is 2.38. The molecule has 1 saturated heterocycles. The molecule has 3 rings (SSSR count). The Kier molecular flexibility index (Phi) is 2.92. The average Bonchev–Trinajstić information content (AvgIpc) is 2.99. The molecule has 3 heterocycles. The standard InChI is InChI=1S/C11H13N3O2S/c15-7-4-9(12-6-7)11-13-10(14-16-11)5-8-2-1-3-17-8/h1-3,7,9,12,15H,4-6H2/t7-,9-/m1/s1. The van der Waals surface area contributed by atoms with Crippen LogP contribution in [0.3, 0.4) is 0 Å². The predicted octanol–water partition coefficient (Wildman–Crippen LogP) is 1.12. The van der Waals surface area contributed by atoms with Gasteiger partial charge in [0.05, 0.1) is 12.1 Å². The van der Waals surface area contributed by atoms with Crippen LogP contribution in [0.15, 0.2) is 22.0 Å². The number of aliphatic hydroxyl groups is 1. The molecule has 1 aliphatic heterocycles. The van der Waals surface area contributed by atoms with Gasteiger partial charge >= 0.3 is 0 Å². The van der Waals surface area contributed by atoms with Gasteiger partial charge in [-0.25, -0.2) is 0 Å². The summed E-state index contributed by atoms with van der Waals surface area (Å²) in [6.45, 7) is 0.591. The monoisotopic (exact) mass is 251 g/mol. The molecule has 2 aromatic rings. The average molecular weight is 251 g/mol. The normalized spacial score (nSPS) is 24.3. The lowest BCUT2D eigenvalue weighted by molar-refractivity contribution is 0.191. The van der Waals surface area contributed by atoms with E-state index in [9.17, 15) is 5.11 Å². The molecule has 90 valence electrons. The topological polar surface area (TPSA) is 71.2 Å². The van der Waals surface area contributed by atoms with Crippen LogP contribution >= 0.6 is 11.3 Å². The highest BCUT2D eigenvalue weighted by Crippen LogP contribution is 2.22. The van der Waals surface area contributed by atoms with Gasteiger partial charge in [0.15, 0.2) is 5.82 Å². The Morgan fingerprint density at radius 2 is 2.53 bits per heavy atom. The van der Waals surface area contributed by atoms with Gasteiger partial charge in [0.1, 0.15) is 0 Å². The minimum absolute atomic E-state index is 0.00501. The van der Waals surface area contributed by atoms with Gasteiger partial charge in [-0.05, 0) is 17.9 Å². The van der Waals surface area contributed by atoms with Gasteiger partial charge in [-0.2, -0.15) is 4.98 Å². The Morgan fingerprint density at radius 1 is 1.59 bits per heavy atom. The van der Waals surface area contributed by atoms with Gasteiger partial charge in [-0.3, -0.25) is 0 Å². The smallest absolute Gasteiger partial charge is 0.243 e. The first-order valence-electron chi connectivity index (χ1n) is 5.57. The van der Waals surface area contributed by atoms with E-state index < -0.39 is 0 Å². The molecular weight excluding hydrogens is 238 g/mol. The Balaban J connectivity index is 1.70. The molecule has 0 radical (unpaired) electrons. The second kappa shape index (κ2) is 4.56. The summed E-state index contributed by atoms with van der Waals surface area (Å²) in [4.78, 5) is 5.58. The molecule has 1 fully saturated rings. The second-order valence-corrected chi connectivity index (χ2v) is 5.19. The van der Waals surface area contributed by atoms with E-state index in [1.54, 1.807) is 11.3 Å². The SMILES string of the molecule is O[C@H]1CN[C@@H](c2nc(Cc3cccs3)no2)C1. The first kappa shape index (κ1) is 10.9. The van der Waals surface area contributed by atoms with Crippen molar-refractivity contribution in [3.8, 4) is 0 Å². The van der Waals surface area contributed by atoms with E-state index in [2.05, 4.69) is 21.5 Å². The highest BCUT2D eigenvalue weighted by atomic mass is 32.1. The van der Waals surface area contributed by atoms with Gasteiger partial charge in [-0.1, -0.05) is 11.2 Å². The maximum atomic E-state index is 9.42. The minimum atomic E-state index is -0.312. The summed E-state index contributed by atoms with van der Waals surface area (Å²) >= 11 is 1.68. The van der Waals surface area contributed by atoms with E-state index in [0.29, 0.717) is 31.1 Å². The summed E-state index contributed by atoms with van der Waals surface area (Å²) in [5.41, 5.74) is 0. The van der Waals surface area contributed by atoms with Crippen molar-refractivity contribution in [2.24, 2.45) is 0 Å². The van der Waals surface area contributed by atoms with Crippen molar-refractivity contribution in [2.45, 2.75) is 25.0 Å². The number of rotatable bonds is 3. The first-order chi connectivity index (χ1) is 8.31. The van der Waals surface area contributed by atoms with Crippen LogP contribution in [0.2, 0.25) is 0 Å². The molecule has 2 aromatic heterocycles. The van der Waals surface area contributed by atoms with Crippen LogP contribution in [-0.2, 0) is 6.42 Å². The van der Waals surface area contributed by atoms with E-state index in [4.69, 9.17) is 4.52 Å². The zero-order valence-electron chi connectivity index (χ0n) is 9.17. The molecule has 1 aliphatic rings. The molecule has 2 N–H and O–H groups in total. The van der Waals surface area contributed by atoms with Gasteiger partial charge in [0, 0.05) is 17.8 Å². The fourth-order valence-electron chi connectivity index (χ4n) is 1.95. The zero-order valence-corrected chi connectivity index (χ0v) is 9.98. The molecule has 0 unspecified atom stereocenters. The number of β-amino-alcohol motifs (C(OH)–C–C–N with tert-alkyl or cyclic N) is 1. The predicted molar refractivity (Wildman–Crippen MR) is 62.8 cm³/mol. The van der Waals surface area contributed by atoms with Gasteiger partial charge in [0.2, 0.25) is 5.89 Å². The highest BCUT2D eigenvalue weighted by molar-refractivity contribution is 7.09. The van der Waals surface area contributed by atoms with Crippen molar-refractivity contribution in [3.63, 3.8) is 0 Å². The third-order valence-electron chi connectivity index (χ3n) is 2.80. The molecule has 6 heteroatoms. The van der Waals surface area contributed by atoms with Gasteiger partial charge in [0.25, 0.3) is 0 Å². The van der Waals surface area contributed by atoms with Crippen LogP contribution in [0.5, 0.6) is 0 Å². The lowest BCUT2D eigenvalue weighted by Crippen LogP contribution is -2.15. The molecule has 17 heavy (non-hydrogen) atoms. The summed E-state index contributed by atoms with van der Waals surface area (Å²) in [6, 6.07) is 4.06. The Hall–Kier alpha value is -1.24. The Morgan fingerprint density at radius 3 is 3.24 bits per heavy atom. The fourth-order valence-corrected chi connectivity index (χ4v) is 2.66. The van der Waals surface area contributed by atoms with Crippen molar-refractivity contribution in [3.05, 3.63) is 34.1 Å². The van der Waals surface area contributed by atoms with E-state index in [-0.39, 0.29) is 12.1 Å². The number of nitrogens with one attached hydrogen (secondary N) is 1. The summed E-state index contributed by atoms with van der Waals surface area (Å²) in [5.74, 6) is 1.28. The first-order valence-corrected chi connectivity index (χ1v) is 6.45. The van der Waals surface area contributed by atoms with Crippen LogP contribution in [0, 0.1) is 0 Å². The van der Waals surface area contributed by atoms with Crippen LogP contribution in [0.25, 0.3) is 0 Å². The second-order valence-electron chi connectivity index (χ2n) is 4.16. The summed E-state index contributed by atoms with van der Waals surface area (Å²) in [5, 5.41) is 18.6. The zero-order chi connectivity index (χ0) is 11.7. The fraction of sp³-hybridized carbons (Fsp3) is 0.455. The number of hydrogen-bond acceptors (Lipinski definition) is 6. The van der Waals surface area contributed by atoms with Crippen molar-refractivity contribution in [2.75, 3.05) is 6.54 Å². The third-order valence-corrected chi connectivity index (χ3v) is 3.68. The number of nitrogens with zero attached hydrogens (tertiary/aromatic N) is 2. The number of aliphatic hydroxyl groups excluding tert-OH is 1. The Labute approximate surface area is 102 Å². The molecule has 5 nitrogen and oxygen atoms in total. The maximum absolute atomic E-state index is 9.42. The van der Waals surface area contributed by atoms with Gasteiger partial charge in [-0.15, -0.1) is 11.3 Å². The van der Waals surface area contributed by atoms with E-state index in [1.807, 2.05) is 11.4 Å².